The van der Waals surface area contributed by atoms with Crippen LogP contribution in [0.25, 0.3) is 5.69 Å². The predicted octanol–water partition coefficient (Wildman–Crippen LogP) is 2.78. The number of carboxylic acid groups (broad SMARTS) is 1. The fourth-order valence-electron chi connectivity index (χ4n) is 3.12. The predicted molar refractivity (Wildman–Crippen MR) is 91.9 cm³/mol. The van der Waals surface area contributed by atoms with E-state index in [2.05, 4.69) is 10.3 Å². The van der Waals surface area contributed by atoms with Crippen molar-refractivity contribution >= 4 is 23.5 Å². The molecule has 1 fully saturated rings. The van der Waals surface area contributed by atoms with Crippen LogP contribution in [0.3, 0.4) is 0 Å². The number of aliphatic carboxylic acids is 1. The Labute approximate surface area is 150 Å². The highest BCUT2D eigenvalue weighted by atomic mass is 35.5. The highest BCUT2D eigenvalue weighted by Crippen LogP contribution is 2.23. The molecule has 1 unspecified atom stereocenters. The van der Waals surface area contributed by atoms with E-state index in [0.29, 0.717) is 23.7 Å². The maximum Gasteiger partial charge on any atom is 0.303 e. The minimum atomic E-state index is -0.845. The Hall–Kier alpha value is -2.41. The van der Waals surface area contributed by atoms with Crippen molar-refractivity contribution in [2.75, 3.05) is 6.54 Å². The van der Waals surface area contributed by atoms with Crippen molar-refractivity contribution in [3.8, 4) is 5.69 Å². The number of hydrogen-bond acceptors (Lipinski definition) is 4. The fraction of sp³-hybridized carbons (Fsp3) is 0.412. The van der Waals surface area contributed by atoms with E-state index in [-0.39, 0.29) is 24.1 Å². The van der Waals surface area contributed by atoms with E-state index in [1.54, 1.807) is 23.2 Å². The zero-order chi connectivity index (χ0) is 17.8. The van der Waals surface area contributed by atoms with Gasteiger partial charge >= 0.3 is 5.97 Å². The number of rotatable bonds is 5. The molecule has 0 radical (unpaired) electrons. The number of piperidine rings is 1. The normalized spacial score (nSPS) is 17.5. The lowest BCUT2D eigenvalue weighted by Crippen LogP contribution is -2.44. The Morgan fingerprint density at radius 2 is 2.08 bits per heavy atom. The molecule has 1 amide bonds. The van der Waals surface area contributed by atoms with E-state index in [1.807, 2.05) is 12.1 Å². The molecule has 0 bridgehead atoms. The SMILES string of the molecule is O=C(O)CCC1CCCCN1C(=O)c1cn(-c2ccccc2Cl)nn1. The Kier molecular flexibility index (Phi) is 5.33. The second-order valence-electron chi connectivity index (χ2n) is 6.08. The van der Waals surface area contributed by atoms with Crippen molar-refractivity contribution < 1.29 is 14.7 Å². The second-order valence-corrected chi connectivity index (χ2v) is 6.49. The molecule has 1 N–H and O–H groups in total. The van der Waals surface area contributed by atoms with Crippen LogP contribution < -0.4 is 0 Å². The van der Waals surface area contributed by atoms with Crippen molar-refractivity contribution in [2.45, 2.75) is 38.1 Å². The molecule has 0 saturated carbocycles. The van der Waals surface area contributed by atoms with E-state index in [1.165, 1.54) is 4.68 Å². The zero-order valence-corrected chi connectivity index (χ0v) is 14.4. The summed E-state index contributed by atoms with van der Waals surface area (Å²) in [4.78, 5) is 25.4. The molecular formula is C17H19ClN4O3. The number of likely N-dealkylation sites (tertiary alicyclic amines) is 1. The first kappa shape index (κ1) is 17.4. The molecule has 0 aliphatic carbocycles. The van der Waals surface area contributed by atoms with Gasteiger partial charge in [0.15, 0.2) is 5.69 Å². The molecule has 7 nitrogen and oxygen atoms in total. The number of aromatic nitrogens is 3. The molecule has 1 aromatic carbocycles. The Balaban J connectivity index is 1.78. The smallest absolute Gasteiger partial charge is 0.303 e. The van der Waals surface area contributed by atoms with Gasteiger partial charge in [-0.2, -0.15) is 0 Å². The number of halogens is 1. The van der Waals surface area contributed by atoms with E-state index in [0.717, 1.165) is 19.3 Å². The number of amides is 1. The van der Waals surface area contributed by atoms with Crippen LogP contribution in [-0.2, 0) is 4.79 Å². The minimum absolute atomic E-state index is 0.0563. The third kappa shape index (κ3) is 3.99. The summed E-state index contributed by atoms with van der Waals surface area (Å²) >= 11 is 6.15. The van der Waals surface area contributed by atoms with Crippen LogP contribution in [0.5, 0.6) is 0 Å². The molecular weight excluding hydrogens is 344 g/mol. The second kappa shape index (κ2) is 7.65. The molecule has 8 heteroatoms. The third-order valence-electron chi connectivity index (χ3n) is 4.39. The molecule has 1 aromatic heterocycles. The van der Waals surface area contributed by atoms with Crippen molar-refractivity contribution in [3.63, 3.8) is 0 Å². The third-order valence-corrected chi connectivity index (χ3v) is 4.71. The van der Waals surface area contributed by atoms with Gasteiger partial charge in [-0.25, -0.2) is 4.68 Å². The van der Waals surface area contributed by atoms with E-state index >= 15 is 0 Å². The number of hydrogen-bond donors (Lipinski definition) is 1. The average Bonchev–Trinajstić information content (AvgIpc) is 3.10. The summed E-state index contributed by atoms with van der Waals surface area (Å²) in [5.74, 6) is -1.06. The minimum Gasteiger partial charge on any atom is -0.481 e. The van der Waals surface area contributed by atoms with E-state index < -0.39 is 5.97 Å². The molecule has 25 heavy (non-hydrogen) atoms. The monoisotopic (exact) mass is 362 g/mol. The van der Waals surface area contributed by atoms with E-state index in [9.17, 15) is 9.59 Å². The molecule has 1 aliphatic heterocycles. The number of para-hydroxylation sites is 1. The molecule has 132 valence electrons. The maximum atomic E-state index is 12.8. The molecule has 2 aromatic rings. The average molecular weight is 363 g/mol. The van der Waals surface area contributed by atoms with Crippen LogP contribution in [0.4, 0.5) is 0 Å². The summed E-state index contributed by atoms with van der Waals surface area (Å²) in [7, 11) is 0. The summed E-state index contributed by atoms with van der Waals surface area (Å²) in [5.41, 5.74) is 0.888. The van der Waals surface area contributed by atoms with Crippen molar-refractivity contribution in [2.24, 2.45) is 0 Å². The number of carbonyl (C=O) groups is 2. The Morgan fingerprint density at radius 1 is 1.28 bits per heavy atom. The van der Waals surface area contributed by atoms with Crippen molar-refractivity contribution in [1.29, 1.82) is 0 Å². The molecule has 3 rings (SSSR count). The van der Waals surface area contributed by atoms with Gasteiger partial charge in [-0.1, -0.05) is 28.9 Å². The lowest BCUT2D eigenvalue weighted by atomic mass is 9.97. The van der Waals surface area contributed by atoms with Gasteiger partial charge in [0.25, 0.3) is 5.91 Å². The van der Waals surface area contributed by atoms with Gasteiger partial charge in [0, 0.05) is 19.0 Å². The Bertz CT molecular complexity index is 777. The molecule has 1 atom stereocenters. The fourth-order valence-corrected chi connectivity index (χ4v) is 3.34. The van der Waals surface area contributed by atoms with Gasteiger partial charge in [0.05, 0.1) is 16.9 Å². The number of carboxylic acids is 1. The molecule has 1 saturated heterocycles. The van der Waals surface area contributed by atoms with Crippen LogP contribution in [0.2, 0.25) is 5.02 Å². The summed E-state index contributed by atoms with van der Waals surface area (Å²) < 4.78 is 1.48. The van der Waals surface area contributed by atoms with E-state index in [4.69, 9.17) is 16.7 Å². The van der Waals surface area contributed by atoms with Crippen molar-refractivity contribution in [3.05, 3.63) is 41.2 Å². The van der Waals surface area contributed by atoms with Gasteiger partial charge in [-0.05, 0) is 37.8 Å². The number of carbonyl (C=O) groups excluding carboxylic acids is 1. The van der Waals surface area contributed by atoms with Crippen LogP contribution in [-0.4, -0.2) is 49.5 Å². The van der Waals surface area contributed by atoms with Crippen LogP contribution >= 0.6 is 11.6 Å². The van der Waals surface area contributed by atoms with Gasteiger partial charge < -0.3 is 10.0 Å². The highest BCUT2D eigenvalue weighted by molar-refractivity contribution is 6.32. The molecule has 1 aliphatic rings. The maximum absolute atomic E-state index is 12.8. The zero-order valence-electron chi connectivity index (χ0n) is 13.6. The van der Waals surface area contributed by atoms with Crippen LogP contribution in [0.1, 0.15) is 42.6 Å². The lowest BCUT2D eigenvalue weighted by Gasteiger charge is -2.35. The highest BCUT2D eigenvalue weighted by Gasteiger charge is 2.29. The molecule has 2 heterocycles. The topological polar surface area (TPSA) is 88.3 Å². The standard InChI is InChI=1S/C17H19ClN4O3/c18-13-6-1-2-7-15(13)22-11-14(19-20-22)17(25)21-10-4-3-5-12(21)8-9-16(23)24/h1-2,6-7,11-12H,3-5,8-10H2,(H,23,24). The summed E-state index contributed by atoms with van der Waals surface area (Å²) in [6.07, 6.45) is 4.80. The van der Waals surface area contributed by atoms with Gasteiger partial charge in [-0.15, -0.1) is 5.10 Å². The van der Waals surface area contributed by atoms with Gasteiger partial charge in [0.2, 0.25) is 0 Å². The summed E-state index contributed by atoms with van der Waals surface area (Å²) in [6, 6.07) is 7.11. The first-order chi connectivity index (χ1) is 12.1. The van der Waals surface area contributed by atoms with Crippen LogP contribution in [0.15, 0.2) is 30.5 Å². The summed E-state index contributed by atoms with van der Waals surface area (Å²) in [6.45, 7) is 0.613. The largest absolute Gasteiger partial charge is 0.481 e. The summed E-state index contributed by atoms with van der Waals surface area (Å²) in [5, 5.41) is 17.4. The first-order valence-electron chi connectivity index (χ1n) is 8.26. The number of benzene rings is 1. The van der Waals surface area contributed by atoms with Gasteiger partial charge in [-0.3, -0.25) is 9.59 Å². The van der Waals surface area contributed by atoms with Crippen molar-refractivity contribution in [1.82, 2.24) is 19.9 Å². The van der Waals surface area contributed by atoms with Crippen LogP contribution in [0, 0.1) is 0 Å². The van der Waals surface area contributed by atoms with Gasteiger partial charge in [0.1, 0.15) is 0 Å². The molecule has 0 spiro atoms. The Morgan fingerprint density at radius 3 is 2.84 bits per heavy atom. The quantitative estimate of drug-likeness (QED) is 0.883. The first-order valence-corrected chi connectivity index (χ1v) is 8.64. The lowest BCUT2D eigenvalue weighted by molar-refractivity contribution is -0.137. The number of nitrogens with zero attached hydrogens (tertiary/aromatic N) is 4.